The van der Waals surface area contributed by atoms with E-state index in [1.165, 1.54) is 36.9 Å². The van der Waals surface area contributed by atoms with Gasteiger partial charge in [0.2, 0.25) is 5.78 Å². The average Bonchev–Trinajstić information content (AvgIpc) is 3.33. The molecule has 5 rings (SSSR count). The fourth-order valence-electron chi connectivity index (χ4n) is 3.82. The number of phenols is 1. The van der Waals surface area contributed by atoms with Crippen LogP contribution in [0.2, 0.25) is 0 Å². The molecule has 2 aromatic carbocycles. The lowest BCUT2D eigenvalue weighted by molar-refractivity contribution is -0.384. The zero-order valence-corrected chi connectivity index (χ0v) is 17.0. The highest BCUT2D eigenvalue weighted by Gasteiger charge is 2.23. The number of nitrogens with zero attached hydrogens (tertiary/aromatic N) is 6. The Morgan fingerprint density at radius 3 is 2.34 bits per heavy atom. The zero-order valence-electron chi connectivity index (χ0n) is 17.0. The van der Waals surface area contributed by atoms with Gasteiger partial charge in [-0.3, -0.25) is 33.0 Å². The van der Waals surface area contributed by atoms with Crippen molar-refractivity contribution in [2.45, 2.75) is 0 Å². The maximum absolute atomic E-state index is 12.9. The Kier molecular flexibility index (Phi) is 4.02. The fraction of sp³-hybridized carbons (Fsp3) is 0.0952. The van der Waals surface area contributed by atoms with E-state index in [-0.39, 0.29) is 22.6 Å². The molecule has 0 aliphatic rings. The molecule has 0 saturated carbocycles. The van der Waals surface area contributed by atoms with Crippen LogP contribution in [0.5, 0.6) is 5.75 Å². The Balaban J connectivity index is 1.93. The molecule has 32 heavy (non-hydrogen) atoms. The third kappa shape index (κ3) is 2.57. The molecular weight excluding hydrogens is 416 g/mol. The van der Waals surface area contributed by atoms with Crippen LogP contribution in [-0.4, -0.2) is 33.1 Å². The van der Waals surface area contributed by atoms with Crippen LogP contribution in [0.3, 0.4) is 0 Å². The Morgan fingerprint density at radius 2 is 1.69 bits per heavy atom. The Bertz CT molecular complexity index is 1670. The summed E-state index contributed by atoms with van der Waals surface area (Å²) in [7, 11) is 2.92. The van der Waals surface area contributed by atoms with Crippen LogP contribution in [0.4, 0.5) is 5.69 Å². The molecule has 3 heterocycles. The summed E-state index contributed by atoms with van der Waals surface area (Å²) in [5.41, 5.74) is 0.866. The second kappa shape index (κ2) is 6.67. The molecule has 11 nitrogen and oxygen atoms in total. The number of nitro groups is 1. The van der Waals surface area contributed by atoms with Crippen LogP contribution in [0, 0.1) is 10.1 Å². The highest BCUT2D eigenvalue weighted by Crippen LogP contribution is 2.33. The van der Waals surface area contributed by atoms with Gasteiger partial charge in [-0.15, -0.1) is 0 Å². The number of aromatic nitrogens is 5. The van der Waals surface area contributed by atoms with E-state index in [0.29, 0.717) is 22.7 Å². The summed E-state index contributed by atoms with van der Waals surface area (Å²) in [5, 5.41) is 21.6. The molecule has 0 radical (unpaired) electrons. The topological polar surface area (TPSA) is 130 Å². The van der Waals surface area contributed by atoms with Crippen molar-refractivity contribution in [3.8, 4) is 22.7 Å². The second-order valence-electron chi connectivity index (χ2n) is 7.30. The summed E-state index contributed by atoms with van der Waals surface area (Å²) >= 11 is 0. The molecule has 0 spiro atoms. The number of non-ortho nitro benzene ring substituents is 1. The number of hydrogen-bond donors (Lipinski definition) is 1. The van der Waals surface area contributed by atoms with Gasteiger partial charge in [-0.1, -0.05) is 12.1 Å². The number of aromatic hydroxyl groups is 1. The molecule has 5 aromatic rings. The number of hydrogen-bond acceptors (Lipinski definition) is 6. The maximum Gasteiger partial charge on any atom is 0.332 e. The Morgan fingerprint density at radius 1 is 1.00 bits per heavy atom. The summed E-state index contributed by atoms with van der Waals surface area (Å²) in [6, 6.07) is 12.5. The first-order valence-corrected chi connectivity index (χ1v) is 9.52. The smallest absolute Gasteiger partial charge is 0.332 e. The summed E-state index contributed by atoms with van der Waals surface area (Å²) in [5.74, 6) is 0.274. The van der Waals surface area contributed by atoms with Gasteiger partial charge in [0.25, 0.3) is 11.2 Å². The first-order valence-electron chi connectivity index (χ1n) is 9.52. The molecule has 0 amide bonds. The third-order valence-corrected chi connectivity index (χ3v) is 5.46. The molecule has 11 heteroatoms. The minimum Gasteiger partial charge on any atom is -0.506 e. The van der Waals surface area contributed by atoms with E-state index in [4.69, 9.17) is 0 Å². The lowest BCUT2D eigenvalue weighted by Gasteiger charge is -2.10. The van der Waals surface area contributed by atoms with Crippen LogP contribution in [-0.2, 0) is 14.1 Å². The molecule has 0 aliphatic carbocycles. The van der Waals surface area contributed by atoms with E-state index in [1.807, 2.05) is 0 Å². The van der Waals surface area contributed by atoms with Gasteiger partial charge < -0.3 is 5.11 Å². The van der Waals surface area contributed by atoms with Crippen molar-refractivity contribution in [1.82, 2.24) is 23.1 Å². The number of para-hydroxylation sites is 2. The standard InChI is InChI=1S/C21H16N6O5/c1-23-18-17(19(29)24(2)21(23)30)25-11-15(12-7-9-13(10-8-12)27(31)32)26(20(25)22-18)14-5-3-4-6-16(14)28/h3-11,28H,1-2H3. The van der Waals surface area contributed by atoms with Gasteiger partial charge in [0.05, 0.1) is 16.3 Å². The first kappa shape index (κ1) is 19.3. The fourth-order valence-corrected chi connectivity index (χ4v) is 3.82. The molecule has 0 saturated heterocycles. The molecule has 160 valence electrons. The van der Waals surface area contributed by atoms with Crippen molar-refractivity contribution in [2.24, 2.45) is 14.1 Å². The van der Waals surface area contributed by atoms with Crippen molar-refractivity contribution in [3.63, 3.8) is 0 Å². The van der Waals surface area contributed by atoms with Gasteiger partial charge in [-0.05, 0) is 24.3 Å². The molecule has 0 fully saturated rings. The van der Waals surface area contributed by atoms with Crippen molar-refractivity contribution >= 4 is 22.6 Å². The van der Waals surface area contributed by atoms with E-state index >= 15 is 0 Å². The van der Waals surface area contributed by atoms with Crippen molar-refractivity contribution < 1.29 is 10.0 Å². The van der Waals surface area contributed by atoms with Crippen LogP contribution >= 0.6 is 0 Å². The number of phenolic OH excluding ortho intramolecular Hbond substituents is 1. The molecule has 0 aliphatic heterocycles. The monoisotopic (exact) mass is 432 g/mol. The van der Waals surface area contributed by atoms with Crippen LogP contribution in [0.15, 0.2) is 64.3 Å². The SMILES string of the molecule is Cn1c(=O)c2c(nc3n(-c4ccccc4O)c(-c4ccc([N+](=O)[O-])cc4)cn23)n(C)c1=O. The second-order valence-corrected chi connectivity index (χ2v) is 7.30. The van der Waals surface area contributed by atoms with Crippen molar-refractivity contribution in [3.05, 3.63) is 85.7 Å². The molecule has 0 atom stereocenters. The minimum absolute atomic E-state index is 0.0254. The highest BCUT2D eigenvalue weighted by molar-refractivity contribution is 5.80. The van der Waals surface area contributed by atoms with E-state index in [9.17, 15) is 24.8 Å². The van der Waals surface area contributed by atoms with Gasteiger partial charge in [0.1, 0.15) is 5.75 Å². The summed E-state index contributed by atoms with van der Waals surface area (Å²) in [4.78, 5) is 40.4. The van der Waals surface area contributed by atoms with Gasteiger partial charge in [0.15, 0.2) is 11.2 Å². The minimum atomic E-state index is -0.514. The van der Waals surface area contributed by atoms with E-state index in [1.54, 1.807) is 45.5 Å². The molecule has 0 unspecified atom stereocenters. The third-order valence-electron chi connectivity index (χ3n) is 5.46. The number of aryl methyl sites for hydroxylation is 1. The Hall–Kier alpha value is -4.67. The normalized spacial score (nSPS) is 11.4. The predicted molar refractivity (Wildman–Crippen MR) is 116 cm³/mol. The summed E-state index contributed by atoms with van der Waals surface area (Å²) in [6.45, 7) is 0. The summed E-state index contributed by atoms with van der Waals surface area (Å²) < 4.78 is 5.48. The predicted octanol–water partition coefficient (Wildman–Crippen LogP) is 1.96. The van der Waals surface area contributed by atoms with Crippen LogP contribution in [0.1, 0.15) is 0 Å². The number of benzene rings is 2. The average molecular weight is 432 g/mol. The van der Waals surface area contributed by atoms with E-state index < -0.39 is 16.2 Å². The van der Waals surface area contributed by atoms with Crippen molar-refractivity contribution in [1.29, 1.82) is 0 Å². The summed E-state index contributed by atoms with van der Waals surface area (Å²) in [6.07, 6.45) is 1.66. The molecule has 1 N–H and O–H groups in total. The number of fused-ring (bicyclic) bond motifs is 3. The van der Waals surface area contributed by atoms with Crippen LogP contribution in [0.25, 0.3) is 33.9 Å². The molecule has 0 bridgehead atoms. The number of rotatable bonds is 3. The first-order chi connectivity index (χ1) is 15.3. The zero-order chi connectivity index (χ0) is 22.7. The largest absolute Gasteiger partial charge is 0.506 e. The molecular formula is C21H16N6O5. The van der Waals surface area contributed by atoms with Crippen molar-refractivity contribution in [2.75, 3.05) is 0 Å². The van der Waals surface area contributed by atoms with Gasteiger partial charge in [-0.2, -0.15) is 4.98 Å². The van der Waals surface area contributed by atoms with E-state index in [2.05, 4.69) is 4.98 Å². The quantitative estimate of drug-likeness (QED) is 0.343. The number of imidazole rings is 2. The maximum atomic E-state index is 12.9. The lowest BCUT2D eigenvalue weighted by atomic mass is 10.1. The van der Waals surface area contributed by atoms with E-state index in [0.717, 1.165) is 4.57 Å². The lowest BCUT2D eigenvalue weighted by Crippen LogP contribution is -2.37. The number of nitro benzene ring substituents is 1. The van der Waals surface area contributed by atoms with Gasteiger partial charge in [0, 0.05) is 38.0 Å². The van der Waals surface area contributed by atoms with Gasteiger partial charge in [-0.25, -0.2) is 4.79 Å². The highest BCUT2D eigenvalue weighted by atomic mass is 16.6. The Labute approximate surface area is 178 Å². The molecule has 3 aromatic heterocycles. The van der Waals surface area contributed by atoms with Gasteiger partial charge >= 0.3 is 5.69 Å². The van der Waals surface area contributed by atoms with Crippen LogP contribution < -0.4 is 11.2 Å².